The van der Waals surface area contributed by atoms with Gasteiger partial charge in [0.05, 0.1) is 13.7 Å². The number of imide groups is 2. The van der Waals surface area contributed by atoms with Crippen LogP contribution in [0.25, 0.3) is 0 Å². The summed E-state index contributed by atoms with van der Waals surface area (Å²) in [7, 11) is -2.87. The molecule has 4 heterocycles. The molecule has 92 heavy (non-hydrogen) atoms. The van der Waals surface area contributed by atoms with Gasteiger partial charge in [-0.25, -0.2) is 0 Å². The summed E-state index contributed by atoms with van der Waals surface area (Å²) in [6, 6.07) is 0. The van der Waals surface area contributed by atoms with Gasteiger partial charge in [-0.3, -0.25) is 76.3 Å². The average Bonchev–Trinajstić information content (AvgIpc) is 1.71. The van der Waals surface area contributed by atoms with Gasteiger partial charge < -0.3 is 36.4 Å². The molecule has 25 nitrogen and oxygen atoms in total. The predicted octanol–water partition coefficient (Wildman–Crippen LogP) is 4.28. The summed E-state index contributed by atoms with van der Waals surface area (Å²) < 4.78 is 28.7. The van der Waals surface area contributed by atoms with Gasteiger partial charge in [0.1, 0.15) is 5.78 Å². The molecule has 0 spiro atoms. The molecule has 4 aliphatic heterocycles. The zero-order valence-electron chi connectivity index (χ0n) is 57.0. The van der Waals surface area contributed by atoms with Gasteiger partial charge in [-0.2, -0.15) is 31.9 Å². The van der Waals surface area contributed by atoms with Crippen molar-refractivity contribution in [3.05, 3.63) is 0 Å². The summed E-state index contributed by atoms with van der Waals surface area (Å²) >= 11 is 3.49. The summed E-state index contributed by atoms with van der Waals surface area (Å²) in [6.07, 6.45) is 3.37. The molecule has 28 heteroatoms. The molecule has 0 aliphatic carbocycles. The maximum Gasteiger partial charge on any atom is 0.279 e. The Kier molecular flexibility index (Phi) is 38.4. The van der Waals surface area contributed by atoms with Crippen molar-refractivity contribution >= 4 is 110 Å². The number of carbonyl (C=O) groups excluding carboxylic acids is 13. The van der Waals surface area contributed by atoms with Crippen LogP contribution in [0, 0.1) is 47.3 Å². The zero-order valence-corrected chi connectivity index (χ0v) is 59.4. The molecule has 524 valence electrons. The van der Waals surface area contributed by atoms with Crippen molar-refractivity contribution in [2.45, 2.75) is 189 Å². The van der Waals surface area contributed by atoms with Crippen molar-refractivity contribution in [1.29, 1.82) is 0 Å². The lowest BCUT2D eigenvalue weighted by atomic mass is 9.94. The van der Waals surface area contributed by atoms with Crippen molar-refractivity contribution in [1.82, 2.24) is 46.2 Å². The molecule has 0 aromatic rings. The van der Waals surface area contributed by atoms with Gasteiger partial charge in [0.25, 0.3) is 10.1 Å². The number of Topliss-reactive ketones (excluding diaryl/α,β-unsaturated/α-hetero) is 2. The van der Waals surface area contributed by atoms with Crippen LogP contribution in [0.1, 0.15) is 173 Å². The average molecular weight is 1360 g/mol. The summed E-state index contributed by atoms with van der Waals surface area (Å²) in [5, 5.41) is 12.9. The molecule has 5 atom stereocenters. The zero-order chi connectivity index (χ0) is 69.4. The lowest BCUT2D eigenvalue weighted by molar-refractivity contribution is -0.141. The largest absolute Gasteiger partial charge is 0.356 e. The van der Waals surface area contributed by atoms with Crippen molar-refractivity contribution in [3.63, 3.8) is 0 Å². The van der Waals surface area contributed by atoms with E-state index in [1.165, 1.54) is 9.80 Å². The van der Waals surface area contributed by atoms with E-state index in [1.54, 1.807) is 16.7 Å². The number of thioether (sulfide) groups is 2. The summed E-state index contributed by atoms with van der Waals surface area (Å²) in [5.41, 5.74) is 0. The normalized spacial score (nSPS) is 18.7. The van der Waals surface area contributed by atoms with Crippen LogP contribution in [-0.4, -0.2) is 211 Å². The van der Waals surface area contributed by atoms with Crippen molar-refractivity contribution in [2.75, 3.05) is 90.6 Å². The van der Waals surface area contributed by atoms with E-state index in [4.69, 9.17) is 0 Å². The molecule has 5 unspecified atom stereocenters. The SMILES string of the molecule is CC(C)C1CC(=O)N(CCCC(=O)CCC(=O)NCC(=O)CCC(=O)NCCC(=O)NCCN2C(=O)CC(C(C)C)C2=O)C1=O.CC(C)SCCCC(=O)NCCN1CC(C(C)C)CC1=O.COS(=O)(=O)C(CCSC(C)C)C(=O)NCCN1CC(C(C)C)CC1=O. The van der Waals surface area contributed by atoms with Gasteiger partial charge in [-0.05, 0) is 76.8 Å². The van der Waals surface area contributed by atoms with E-state index in [-0.39, 0.29) is 180 Å². The minimum absolute atomic E-state index is 0.0158. The molecule has 0 aromatic carbocycles. The second kappa shape index (κ2) is 42.8. The molecule has 11 amide bonds. The van der Waals surface area contributed by atoms with Crippen LogP contribution in [0.3, 0.4) is 0 Å². The molecule has 4 saturated heterocycles. The Morgan fingerprint density at radius 2 is 0.902 bits per heavy atom. The summed E-state index contributed by atoms with van der Waals surface area (Å²) in [4.78, 5) is 163. The molecule has 0 aromatic heterocycles. The Bertz CT molecular complexity index is 2600. The highest BCUT2D eigenvalue weighted by Gasteiger charge is 2.41. The summed E-state index contributed by atoms with van der Waals surface area (Å²) in [5.74, 6) is 0.0310. The third-order valence-corrected chi connectivity index (χ3v) is 20.5. The Morgan fingerprint density at radius 1 is 0.467 bits per heavy atom. The van der Waals surface area contributed by atoms with E-state index in [0.717, 1.165) is 25.8 Å². The molecule has 0 saturated carbocycles. The Hall–Kier alpha value is -5.48. The fourth-order valence-electron chi connectivity index (χ4n) is 10.4. The van der Waals surface area contributed by atoms with Crippen LogP contribution in [0.5, 0.6) is 0 Å². The van der Waals surface area contributed by atoms with Crippen molar-refractivity contribution < 1.29 is 74.9 Å². The number of carbonyl (C=O) groups is 13. The van der Waals surface area contributed by atoms with E-state index < -0.39 is 33.1 Å². The number of ketones is 2. The Labute approximate surface area is 555 Å². The third-order valence-electron chi connectivity index (χ3n) is 16.5. The van der Waals surface area contributed by atoms with Crippen LogP contribution >= 0.6 is 23.5 Å². The van der Waals surface area contributed by atoms with Gasteiger partial charge in [-0.15, -0.1) is 0 Å². The summed E-state index contributed by atoms with van der Waals surface area (Å²) in [6.45, 7) is 28.0. The van der Waals surface area contributed by atoms with Crippen LogP contribution in [0.2, 0.25) is 0 Å². The first-order valence-electron chi connectivity index (χ1n) is 32.8. The number of nitrogens with zero attached hydrogens (tertiary/aromatic N) is 4. The van der Waals surface area contributed by atoms with E-state index >= 15 is 0 Å². The fourth-order valence-corrected chi connectivity index (χ4v) is 13.2. The minimum atomic E-state index is -3.94. The van der Waals surface area contributed by atoms with Gasteiger partial charge in [0.2, 0.25) is 65.0 Å². The Balaban J connectivity index is 0.000000517. The number of rotatable bonds is 40. The maximum absolute atomic E-state index is 12.4. The topological polar surface area (TPSA) is 338 Å². The molecule has 4 aliphatic rings. The first-order chi connectivity index (χ1) is 43.2. The van der Waals surface area contributed by atoms with Crippen LogP contribution in [0.15, 0.2) is 0 Å². The van der Waals surface area contributed by atoms with E-state index in [2.05, 4.69) is 72.3 Å². The second-order valence-electron chi connectivity index (χ2n) is 25.9. The lowest BCUT2D eigenvalue weighted by Gasteiger charge is -2.20. The minimum Gasteiger partial charge on any atom is -0.356 e. The number of likely N-dealkylation sites (tertiary alicyclic amines) is 4. The number of nitrogens with one attached hydrogen (secondary N) is 5. The third kappa shape index (κ3) is 31.2. The van der Waals surface area contributed by atoms with E-state index in [9.17, 15) is 70.7 Å². The first-order valence-corrected chi connectivity index (χ1v) is 36.4. The molecular formula is C64H109N9O16S3. The molecule has 0 radical (unpaired) electrons. The van der Waals surface area contributed by atoms with Crippen molar-refractivity contribution in [2.24, 2.45) is 47.3 Å². The molecule has 4 rings (SSSR count). The number of hydrogen-bond acceptors (Lipinski definition) is 18. The van der Waals surface area contributed by atoms with Gasteiger partial charge in [0, 0.05) is 148 Å². The van der Waals surface area contributed by atoms with Gasteiger partial charge in [0.15, 0.2) is 11.0 Å². The smallest absolute Gasteiger partial charge is 0.279 e. The van der Waals surface area contributed by atoms with E-state index in [0.29, 0.717) is 91.8 Å². The van der Waals surface area contributed by atoms with Crippen LogP contribution in [-0.2, 0) is 76.6 Å². The quantitative estimate of drug-likeness (QED) is 0.0325. The standard InChI is InChI=1S/C31H47N5O9.C17H32N2O5S2.C16H30N2O2S/c1-19(2)23-16-28(42)35(30(23)44)14-5-6-21(37)7-9-26(40)34-18-22(38)8-10-25(39)32-12-11-27(41)33-13-15-36-29(43)17-24(20(3)4)31(36)45;1-12(2)14-10-16(20)19(11-14)8-7-18-17(21)15(26(22,23)24-5)6-9-25-13(3)4;1-12(2)14-10-16(20)18(11-14)8-7-17-15(19)6-5-9-21-13(3)4/h19-20,23-24H,5-18H2,1-4H3,(H,32,39)(H,33,41)(H,34,40);12-15H,6-11H2,1-5H3,(H,18,21);12-14H,5-11H2,1-4H3,(H,17,19). The molecular weight excluding hydrogens is 1250 g/mol. The Morgan fingerprint density at radius 3 is 1.37 bits per heavy atom. The van der Waals surface area contributed by atoms with E-state index in [1.807, 2.05) is 58.2 Å². The highest BCUT2D eigenvalue weighted by Crippen LogP contribution is 2.29. The van der Waals surface area contributed by atoms with Crippen LogP contribution < -0.4 is 26.6 Å². The van der Waals surface area contributed by atoms with Gasteiger partial charge >= 0.3 is 0 Å². The highest BCUT2D eigenvalue weighted by molar-refractivity contribution is 8.00. The highest BCUT2D eigenvalue weighted by atomic mass is 32.2. The number of amides is 11. The lowest BCUT2D eigenvalue weighted by Crippen LogP contribution is -2.44. The van der Waals surface area contributed by atoms with Crippen LogP contribution in [0.4, 0.5) is 0 Å². The first kappa shape index (κ1) is 82.6. The van der Waals surface area contributed by atoms with Crippen molar-refractivity contribution in [3.8, 4) is 0 Å². The molecule has 5 N–H and O–H groups in total. The second-order valence-corrected chi connectivity index (χ2v) is 31.2. The maximum atomic E-state index is 12.4. The van der Waals surface area contributed by atoms with Gasteiger partial charge in [-0.1, -0.05) is 83.1 Å². The monoisotopic (exact) mass is 1360 g/mol. The molecule has 4 fully saturated rings. The predicted molar refractivity (Wildman–Crippen MR) is 355 cm³/mol. The fraction of sp³-hybridized carbons (Fsp3) is 0.797. The molecule has 0 bridgehead atoms. The number of hydrogen-bond donors (Lipinski definition) is 5.